The summed E-state index contributed by atoms with van der Waals surface area (Å²) in [6.45, 7) is 10.9. The minimum atomic E-state index is -1.02. The molecular weight excluding hydrogens is 1020 g/mol. The maximum absolute atomic E-state index is 16.1. The number of aromatic amines is 2. The number of carbonyl (C=O) groups is 2. The van der Waals surface area contributed by atoms with Gasteiger partial charge in [0.05, 0.1) is 48.4 Å². The van der Waals surface area contributed by atoms with Crippen molar-refractivity contribution < 1.29 is 38.4 Å². The Kier molecular flexibility index (Phi) is 14.2. The van der Waals surface area contributed by atoms with E-state index in [1.807, 2.05) is 64.1 Å². The quantitative estimate of drug-likeness (QED) is 0.0558. The summed E-state index contributed by atoms with van der Waals surface area (Å²) in [7, 11) is 1.63. The number of piperazine rings is 1. The van der Waals surface area contributed by atoms with E-state index in [4.69, 9.17) is 24.2 Å². The van der Waals surface area contributed by atoms with Crippen LogP contribution in [0.2, 0.25) is 0 Å². The largest absolute Gasteiger partial charge is 0.486 e. The molecule has 3 aliphatic heterocycles. The van der Waals surface area contributed by atoms with Gasteiger partial charge in [-0.2, -0.15) is 20.2 Å². The second kappa shape index (κ2) is 21.6. The van der Waals surface area contributed by atoms with Crippen molar-refractivity contribution in [1.29, 1.82) is 0 Å². The normalized spacial score (nSPS) is 20.0. The fourth-order valence-electron chi connectivity index (χ4n) is 11.7. The average Bonchev–Trinajstić information content (AvgIpc) is 3.62. The summed E-state index contributed by atoms with van der Waals surface area (Å²) in [6, 6.07) is 13.2. The van der Waals surface area contributed by atoms with Crippen LogP contribution in [0.25, 0.3) is 55.1 Å². The number of carbonyl (C=O) groups excluding carboxylic acids is 2. The number of benzene rings is 4. The summed E-state index contributed by atoms with van der Waals surface area (Å²) in [5, 5.41) is 53.3. The molecule has 414 valence electrons. The molecule has 0 spiro atoms. The van der Waals surface area contributed by atoms with Crippen LogP contribution < -0.4 is 25.0 Å². The van der Waals surface area contributed by atoms with E-state index in [9.17, 15) is 19.8 Å². The number of methoxy groups -OCH3 is 1. The van der Waals surface area contributed by atoms with Gasteiger partial charge in [0.1, 0.15) is 54.2 Å². The smallest absolute Gasteiger partial charge is 0.319 e. The van der Waals surface area contributed by atoms with Crippen molar-refractivity contribution in [3.63, 3.8) is 0 Å². The van der Waals surface area contributed by atoms with Crippen LogP contribution in [0.15, 0.2) is 67.1 Å². The van der Waals surface area contributed by atoms with E-state index in [0.29, 0.717) is 45.2 Å². The molecule has 12 rings (SSSR count). The van der Waals surface area contributed by atoms with Crippen LogP contribution in [-0.2, 0) is 20.9 Å². The molecule has 7 atom stereocenters. The molecule has 1 saturated carbocycles. The number of aryl methyl sites for hydroxylation is 1. The summed E-state index contributed by atoms with van der Waals surface area (Å²) in [6.07, 6.45) is 6.91. The number of anilines is 1. The molecule has 21 heteroatoms. The Morgan fingerprint density at radius 3 is 2.42 bits per heavy atom. The Hall–Kier alpha value is -8.03. The second-order valence-electron chi connectivity index (χ2n) is 22.2. The Bertz CT molecular complexity index is 3730. The van der Waals surface area contributed by atoms with E-state index < -0.39 is 42.7 Å². The molecule has 2 amide bonds. The molecule has 1 aliphatic carbocycles. The van der Waals surface area contributed by atoms with Gasteiger partial charge in [0, 0.05) is 83.7 Å². The number of aromatic nitrogens is 9. The second-order valence-corrected chi connectivity index (χ2v) is 22.2. The van der Waals surface area contributed by atoms with E-state index in [0.717, 1.165) is 87.7 Å². The van der Waals surface area contributed by atoms with Crippen LogP contribution in [0.3, 0.4) is 0 Å². The molecule has 20 nitrogen and oxygen atoms in total. The summed E-state index contributed by atoms with van der Waals surface area (Å²) in [5.74, 6) is 5.92. The number of β-amino-alcohol motifs (C(OH)–C–C–N with tert-alkyl or cyclic N) is 1. The zero-order valence-corrected chi connectivity index (χ0v) is 45.5. The van der Waals surface area contributed by atoms with E-state index >= 15 is 4.39 Å². The lowest BCUT2D eigenvalue weighted by Crippen LogP contribution is -2.51. The monoisotopic (exact) mass is 1090 g/mol. The molecule has 0 radical (unpaired) electrons. The van der Waals surface area contributed by atoms with Gasteiger partial charge in [0.15, 0.2) is 5.75 Å². The van der Waals surface area contributed by atoms with E-state index in [-0.39, 0.29) is 62.0 Å². The summed E-state index contributed by atoms with van der Waals surface area (Å²) >= 11 is 0. The Morgan fingerprint density at radius 1 is 0.938 bits per heavy atom. The molecule has 7 heterocycles. The third-order valence-electron chi connectivity index (χ3n) is 16.1. The van der Waals surface area contributed by atoms with Crippen LogP contribution in [0, 0.1) is 37.4 Å². The first-order chi connectivity index (χ1) is 38.7. The topological polar surface area (TPSA) is 247 Å². The number of ether oxygens (including phenoxy) is 3. The highest BCUT2D eigenvalue weighted by molar-refractivity contribution is 6.06. The van der Waals surface area contributed by atoms with Gasteiger partial charge in [0.25, 0.3) is 0 Å². The third-order valence-corrected chi connectivity index (χ3v) is 16.1. The number of hydrogen-bond donors (Lipinski definition) is 6. The number of H-pyrrole nitrogens is 2. The molecule has 4 aliphatic rings. The van der Waals surface area contributed by atoms with Gasteiger partial charge in [-0.3, -0.25) is 19.8 Å². The van der Waals surface area contributed by atoms with Gasteiger partial charge in [-0.1, -0.05) is 55.2 Å². The summed E-state index contributed by atoms with van der Waals surface area (Å²) in [5.41, 5.74) is 8.65. The average molecular weight is 1090 g/mol. The number of rotatable bonds is 17. The number of halogens is 1. The molecular formula is C59H64FN13O7. The number of aliphatic hydroxyl groups excluding tert-OH is 2. The molecule has 6 N–H and O–H groups in total. The zero-order valence-electron chi connectivity index (χ0n) is 45.5. The first kappa shape index (κ1) is 52.7. The highest BCUT2D eigenvalue weighted by Crippen LogP contribution is 2.53. The SMILES string of the molecule is CO[C@@H](C)COc1nc(N2C[C@@H]3C[C@H]2CN3)c2cc(C3CC3)c(-c3c(C)c(F)cc4[nH]ncc34)c(OCc3ccc(-c4cn([C@H](C(=O)N5C[C@H](O)C[C@H]5C(=O)N[C@H](C#Cc5cc(C)cc6[nH]ncc56)CO)C(C)C)nn4)cc3)c2n1. The highest BCUT2D eigenvalue weighted by atomic mass is 19.1. The molecule has 4 aromatic heterocycles. The number of nitrogens with zero attached hydrogens (tertiary/aromatic N) is 9. The van der Waals surface area contributed by atoms with Gasteiger partial charge in [-0.15, -0.1) is 5.10 Å². The number of likely N-dealkylation sites (tertiary alicyclic amines) is 1. The maximum Gasteiger partial charge on any atom is 0.319 e. The Balaban J connectivity index is 0.827. The van der Waals surface area contributed by atoms with Crippen LogP contribution in [0.5, 0.6) is 11.8 Å². The number of fused-ring (bicyclic) bond motifs is 5. The van der Waals surface area contributed by atoms with Gasteiger partial charge in [0.2, 0.25) is 11.8 Å². The first-order valence-corrected chi connectivity index (χ1v) is 27.4. The minimum absolute atomic E-state index is 0.0120. The number of hydrogen-bond acceptors (Lipinski definition) is 15. The first-order valence-electron chi connectivity index (χ1n) is 27.4. The molecule has 4 aromatic carbocycles. The Morgan fingerprint density at radius 2 is 1.71 bits per heavy atom. The molecule has 8 aromatic rings. The number of aliphatic hydroxyl groups is 2. The van der Waals surface area contributed by atoms with Crippen molar-refractivity contribution in [2.75, 3.05) is 44.9 Å². The zero-order chi connectivity index (χ0) is 55.5. The summed E-state index contributed by atoms with van der Waals surface area (Å²) < 4.78 is 36.5. The maximum atomic E-state index is 16.1. The van der Waals surface area contributed by atoms with Gasteiger partial charge >= 0.3 is 6.01 Å². The van der Waals surface area contributed by atoms with Gasteiger partial charge in [-0.25, -0.2) is 9.07 Å². The van der Waals surface area contributed by atoms with Crippen molar-refractivity contribution in [3.8, 4) is 46.0 Å². The van der Waals surface area contributed by atoms with Crippen molar-refractivity contribution in [3.05, 3.63) is 101 Å². The third kappa shape index (κ3) is 10.1. The van der Waals surface area contributed by atoms with Crippen molar-refractivity contribution in [1.82, 2.24) is 60.9 Å². The lowest BCUT2D eigenvalue weighted by atomic mass is 9.88. The predicted octanol–water partition coefficient (Wildman–Crippen LogP) is 6.17. The lowest BCUT2D eigenvalue weighted by molar-refractivity contribution is -0.142. The van der Waals surface area contributed by atoms with E-state index in [1.165, 1.54) is 15.6 Å². The fraction of sp³-hybridized carbons (Fsp3) is 0.424. The molecule has 4 fully saturated rings. The van der Waals surface area contributed by atoms with Gasteiger partial charge in [-0.05, 0) is 98.4 Å². The van der Waals surface area contributed by atoms with Gasteiger partial charge < -0.3 is 44.9 Å². The molecule has 2 bridgehead atoms. The molecule has 80 heavy (non-hydrogen) atoms. The Labute approximate surface area is 460 Å². The lowest BCUT2D eigenvalue weighted by Gasteiger charge is -2.30. The van der Waals surface area contributed by atoms with E-state index in [1.54, 1.807) is 32.6 Å². The predicted molar refractivity (Wildman–Crippen MR) is 297 cm³/mol. The molecule has 0 unspecified atom stereocenters. The highest BCUT2D eigenvalue weighted by Gasteiger charge is 2.44. The number of nitrogens with one attached hydrogen (secondary N) is 4. The van der Waals surface area contributed by atoms with Crippen molar-refractivity contribution in [2.24, 2.45) is 5.92 Å². The standard InChI is InChI=1S/C59H64FN13O7/c1-30(2)54(58(77)72-25-41(75)18-50(72)57(76)64-38(27-74)14-13-37-15-31(3)16-47-44(37)22-62-67-47)73-26-49(69-70-73)36-9-7-34(8-10-36)29-79-55-52(51-33(5)46(60)20-48-45(51)23-63-68-48)42(35-11-12-35)19-43-53(55)65-59(80-28-32(4)78-6)66-56(43)71-24-39-17-40(71)21-61-39/h7-10,15-16,19-20,22-23,26,30,32,35,38-41,50,54,61,74-75H,11-12,17-18,21,24-25,27-29H2,1-6H3,(H,62,67)(H,63,68)(H,64,76)/t32-,38+,39-,40-,41+,50-,54-/m0/s1. The minimum Gasteiger partial charge on any atom is -0.486 e. The molecule has 3 saturated heterocycles. The van der Waals surface area contributed by atoms with E-state index in [2.05, 4.69) is 64.1 Å². The van der Waals surface area contributed by atoms with Crippen LogP contribution in [0.4, 0.5) is 10.2 Å². The van der Waals surface area contributed by atoms with Crippen LogP contribution in [0.1, 0.15) is 86.2 Å². The number of amides is 2. The summed E-state index contributed by atoms with van der Waals surface area (Å²) in [4.78, 5) is 42.4. The van der Waals surface area contributed by atoms with Crippen molar-refractivity contribution >= 4 is 50.3 Å². The van der Waals surface area contributed by atoms with Crippen LogP contribution in [-0.4, -0.2) is 149 Å². The van der Waals surface area contributed by atoms with Crippen LogP contribution >= 0.6 is 0 Å². The van der Waals surface area contributed by atoms with Crippen molar-refractivity contribution in [2.45, 2.75) is 115 Å². The fourth-order valence-corrected chi connectivity index (χ4v) is 11.7.